The van der Waals surface area contributed by atoms with Crippen molar-refractivity contribution in [3.63, 3.8) is 0 Å². The molecule has 1 amide bonds. The third kappa shape index (κ3) is 3.13. The molecule has 0 saturated heterocycles. The highest BCUT2D eigenvalue weighted by molar-refractivity contribution is 9.10. The van der Waals surface area contributed by atoms with Crippen LogP contribution < -0.4 is 5.32 Å². The zero-order valence-corrected chi connectivity index (χ0v) is 10.8. The highest BCUT2D eigenvalue weighted by Gasteiger charge is 2.07. The molecule has 17 heavy (non-hydrogen) atoms. The number of hydrogen-bond donors (Lipinski definition) is 2. The van der Waals surface area contributed by atoms with Gasteiger partial charge in [-0.05, 0) is 35.0 Å². The van der Waals surface area contributed by atoms with E-state index >= 15 is 0 Å². The summed E-state index contributed by atoms with van der Waals surface area (Å²) in [6.45, 7) is 2.20. The molecule has 2 aromatic heterocycles. The second-order valence-electron chi connectivity index (χ2n) is 3.51. The number of carbonyl (C=O) groups excluding carboxylic acids is 1. The number of aromatic nitrogens is 3. The van der Waals surface area contributed by atoms with Crippen LogP contribution in [0.4, 0.5) is 0 Å². The first-order chi connectivity index (χ1) is 8.15. The first-order valence-electron chi connectivity index (χ1n) is 5.06. The van der Waals surface area contributed by atoms with E-state index in [2.05, 4.69) is 36.2 Å². The van der Waals surface area contributed by atoms with Crippen LogP contribution in [0.5, 0.6) is 0 Å². The molecule has 0 aliphatic carbocycles. The molecule has 0 aliphatic heterocycles. The molecule has 0 radical (unpaired) electrons. The number of nitrogens with one attached hydrogen (secondary N) is 2. The summed E-state index contributed by atoms with van der Waals surface area (Å²) in [7, 11) is 0. The van der Waals surface area contributed by atoms with Gasteiger partial charge in [0, 0.05) is 16.9 Å². The predicted molar refractivity (Wildman–Crippen MR) is 66.4 cm³/mol. The largest absolute Gasteiger partial charge is 0.356 e. The molecule has 5 nitrogen and oxygen atoms in total. The maximum Gasteiger partial charge on any atom is 0.268 e. The van der Waals surface area contributed by atoms with E-state index < -0.39 is 0 Å². The van der Waals surface area contributed by atoms with Gasteiger partial charge in [-0.3, -0.25) is 4.79 Å². The summed E-state index contributed by atoms with van der Waals surface area (Å²) in [5.41, 5.74) is 1.30. The Labute approximate surface area is 107 Å². The zero-order valence-electron chi connectivity index (χ0n) is 9.20. The van der Waals surface area contributed by atoms with Crippen molar-refractivity contribution in [3.05, 3.63) is 46.2 Å². The van der Waals surface area contributed by atoms with Gasteiger partial charge in [0.1, 0.15) is 11.5 Å². The maximum atomic E-state index is 11.7. The van der Waals surface area contributed by atoms with Gasteiger partial charge < -0.3 is 10.3 Å². The molecule has 88 valence electrons. The fourth-order valence-electron chi connectivity index (χ4n) is 1.37. The topological polar surface area (TPSA) is 70.7 Å². The summed E-state index contributed by atoms with van der Waals surface area (Å²) in [6.07, 6.45) is 3.39. The molecule has 2 aromatic rings. The van der Waals surface area contributed by atoms with E-state index in [1.165, 1.54) is 0 Å². The lowest BCUT2D eigenvalue weighted by atomic mass is 10.3. The lowest BCUT2D eigenvalue weighted by molar-refractivity contribution is 0.0946. The van der Waals surface area contributed by atoms with E-state index in [-0.39, 0.29) is 5.91 Å². The first-order valence-corrected chi connectivity index (χ1v) is 5.85. The Hall–Kier alpha value is -1.69. The predicted octanol–water partition coefficient (Wildman–Crippen LogP) is 1.81. The number of hydrogen-bond acceptors (Lipinski definition) is 3. The summed E-state index contributed by atoms with van der Waals surface area (Å²) in [6, 6.07) is 3.50. The van der Waals surface area contributed by atoms with Crippen molar-refractivity contribution in [1.82, 2.24) is 20.3 Å². The van der Waals surface area contributed by atoms with Crippen molar-refractivity contribution in [3.8, 4) is 0 Å². The van der Waals surface area contributed by atoms with Crippen molar-refractivity contribution in [2.24, 2.45) is 0 Å². The molecular weight excluding hydrogens is 284 g/mol. The Morgan fingerprint density at radius 3 is 3.06 bits per heavy atom. The van der Waals surface area contributed by atoms with Crippen molar-refractivity contribution in [1.29, 1.82) is 0 Å². The van der Waals surface area contributed by atoms with Crippen LogP contribution >= 0.6 is 15.9 Å². The highest BCUT2D eigenvalue weighted by atomic mass is 79.9. The van der Waals surface area contributed by atoms with Gasteiger partial charge in [-0.25, -0.2) is 9.97 Å². The molecule has 2 N–H and O–H groups in total. The Balaban J connectivity index is 1.97. The van der Waals surface area contributed by atoms with E-state index in [4.69, 9.17) is 0 Å². The lowest BCUT2D eigenvalue weighted by Gasteiger charge is -2.03. The summed E-state index contributed by atoms with van der Waals surface area (Å²) in [4.78, 5) is 22.8. The van der Waals surface area contributed by atoms with Crippen LogP contribution in [0.2, 0.25) is 0 Å². The van der Waals surface area contributed by atoms with Crippen molar-refractivity contribution < 1.29 is 4.79 Å². The van der Waals surface area contributed by atoms with Gasteiger partial charge in [0.05, 0.1) is 12.2 Å². The quantitative estimate of drug-likeness (QED) is 0.907. The van der Waals surface area contributed by atoms with Gasteiger partial charge in [-0.1, -0.05) is 0 Å². The fraction of sp³-hybridized carbons (Fsp3) is 0.182. The number of nitrogens with zero attached hydrogens (tertiary/aromatic N) is 2. The summed E-state index contributed by atoms with van der Waals surface area (Å²) in [5.74, 6) is 0.534. The third-order valence-corrected chi connectivity index (χ3v) is 2.61. The van der Waals surface area contributed by atoms with Crippen molar-refractivity contribution >= 4 is 21.8 Å². The minimum atomic E-state index is -0.160. The zero-order chi connectivity index (χ0) is 12.3. The molecule has 2 heterocycles. The van der Waals surface area contributed by atoms with Crippen LogP contribution in [0.15, 0.2) is 29.0 Å². The van der Waals surface area contributed by atoms with E-state index in [0.717, 1.165) is 10.2 Å². The second-order valence-corrected chi connectivity index (χ2v) is 4.43. The lowest BCUT2D eigenvalue weighted by Crippen LogP contribution is -2.23. The Morgan fingerprint density at radius 2 is 2.41 bits per heavy atom. The molecule has 6 heteroatoms. The van der Waals surface area contributed by atoms with Crippen LogP contribution in [0, 0.1) is 6.92 Å². The number of carbonyl (C=O) groups is 1. The minimum Gasteiger partial charge on any atom is -0.356 e. The van der Waals surface area contributed by atoms with Crippen LogP contribution in [-0.2, 0) is 6.54 Å². The summed E-state index contributed by atoms with van der Waals surface area (Å²) in [5, 5.41) is 2.77. The van der Waals surface area contributed by atoms with Crippen LogP contribution in [-0.4, -0.2) is 20.9 Å². The SMILES string of the molecule is Cc1nccc(CNC(=O)c2cc(Br)c[nH]2)n1. The summed E-state index contributed by atoms with van der Waals surface area (Å²) >= 11 is 3.27. The minimum absolute atomic E-state index is 0.160. The number of rotatable bonds is 3. The van der Waals surface area contributed by atoms with Crippen LogP contribution in [0.1, 0.15) is 22.0 Å². The van der Waals surface area contributed by atoms with E-state index in [1.807, 2.05) is 6.92 Å². The molecule has 0 aliphatic rings. The molecule has 0 saturated carbocycles. The smallest absolute Gasteiger partial charge is 0.268 e. The van der Waals surface area contributed by atoms with Crippen LogP contribution in [0.25, 0.3) is 0 Å². The van der Waals surface area contributed by atoms with Gasteiger partial charge in [-0.2, -0.15) is 0 Å². The molecule has 0 aromatic carbocycles. The number of H-pyrrole nitrogens is 1. The number of amides is 1. The molecule has 2 rings (SSSR count). The molecule has 0 bridgehead atoms. The van der Waals surface area contributed by atoms with Crippen LogP contribution in [0.3, 0.4) is 0 Å². The number of aromatic amines is 1. The molecule has 0 fully saturated rings. The average Bonchev–Trinajstić information content (AvgIpc) is 2.73. The van der Waals surface area contributed by atoms with Crippen molar-refractivity contribution in [2.45, 2.75) is 13.5 Å². The van der Waals surface area contributed by atoms with Gasteiger partial charge in [-0.15, -0.1) is 0 Å². The third-order valence-electron chi connectivity index (χ3n) is 2.16. The van der Waals surface area contributed by atoms with Gasteiger partial charge in [0.15, 0.2) is 0 Å². The van der Waals surface area contributed by atoms with E-state index in [1.54, 1.807) is 24.5 Å². The Bertz CT molecular complexity index is 538. The first kappa shape index (κ1) is 11.8. The molecule has 0 unspecified atom stereocenters. The van der Waals surface area contributed by atoms with Crippen molar-refractivity contribution in [2.75, 3.05) is 0 Å². The molecule has 0 atom stereocenters. The standard InChI is InChI=1S/C11H11BrN4O/c1-7-13-3-2-9(16-7)6-15-11(17)10-4-8(12)5-14-10/h2-5,14H,6H2,1H3,(H,15,17). The van der Waals surface area contributed by atoms with Gasteiger partial charge in [0.25, 0.3) is 5.91 Å². The number of aryl methyl sites for hydroxylation is 1. The highest BCUT2D eigenvalue weighted by Crippen LogP contribution is 2.10. The second kappa shape index (κ2) is 5.09. The van der Waals surface area contributed by atoms with Gasteiger partial charge in [0.2, 0.25) is 0 Å². The average molecular weight is 295 g/mol. The maximum absolute atomic E-state index is 11.7. The molecule has 0 spiro atoms. The normalized spacial score (nSPS) is 10.2. The van der Waals surface area contributed by atoms with E-state index in [0.29, 0.717) is 18.1 Å². The van der Waals surface area contributed by atoms with E-state index in [9.17, 15) is 4.79 Å². The Morgan fingerprint density at radius 1 is 1.59 bits per heavy atom. The monoisotopic (exact) mass is 294 g/mol. The number of halogens is 1. The summed E-state index contributed by atoms with van der Waals surface area (Å²) < 4.78 is 0.848. The Kier molecular flexibility index (Phi) is 3.53. The van der Waals surface area contributed by atoms with Gasteiger partial charge >= 0.3 is 0 Å². The fourth-order valence-corrected chi connectivity index (χ4v) is 1.71. The molecular formula is C11H11BrN4O.